The zero-order chi connectivity index (χ0) is 14.9. The van der Waals surface area contributed by atoms with E-state index in [9.17, 15) is 13.5 Å². The van der Waals surface area contributed by atoms with Gasteiger partial charge in [-0.15, -0.1) is 4.33 Å². The smallest absolute Gasteiger partial charge is 0.294 e. The molecule has 0 aromatic heterocycles. The van der Waals surface area contributed by atoms with Crippen molar-refractivity contribution in [3.8, 4) is 5.75 Å². The summed E-state index contributed by atoms with van der Waals surface area (Å²) in [7, 11) is -4.42. The minimum atomic E-state index is -4.42. The first kappa shape index (κ1) is 15.0. The van der Waals surface area contributed by atoms with Crippen molar-refractivity contribution in [3.05, 3.63) is 29.8 Å². The molecule has 20 heavy (non-hydrogen) atoms. The average Bonchev–Trinajstić information content (AvgIpc) is 2.34. The van der Waals surface area contributed by atoms with Crippen molar-refractivity contribution >= 4 is 32.9 Å². The van der Waals surface area contributed by atoms with Crippen molar-refractivity contribution in [2.45, 2.75) is 16.7 Å². The third-order valence-electron chi connectivity index (χ3n) is 2.63. The van der Waals surface area contributed by atoms with Gasteiger partial charge in [-0.3, -0.25) is 4.55 Å². The monoisotopic (exact) mass is 318 g/mol. The number of benzene rings is 2. The fourth-order valence-corrected chi connectivity index (χ4v) is 2.94. The van der Waals surface area contributed by atoms with Crippen LogP contribution in [0.3, 0.4) is 0 Å². The van der Waals surface area contributed by atoms with E-state index in [1.807, 2.05) is 0 Å². The lowest BCUT2D eigenvalue weighted by molar-refractivity contribution is -0.432. The van der Waals surface area contributed by atoms with Gasteiger partial charge in [0.15, 0.2) is 0 Å². The predicted molar refractivity (Wildman–Crippen MR) is 70.8 cm³/mol. The molecular weight excluding hydrogens is 308 g/mol. The van der Waals surface area contributed by atoms with Crippen LogP contribution in [0.4, 0.5) is 0 Å². The third kappa shape index (κ3) is 3.03. The molecule has 0 atom stereocenters. The van der Waals surface area contributed by atoms with E-state index in [1.54, 1.807) is 13.0 Å². The maximum atomic E-state index is 11.1. The van der Waals surface area contributed by atoms with Gasteiger partial charge in [-0.05, 0) is 36.1 Å². The number of rotatable bonds is 4. The van der Waals surface area contributed by atoms with E-state index in [4.69, 9.17) is 9.81 Å². The van der Waals surface area contributed by atoms with E-state index in [-0.39, 0.29) is 5.75 Å². The largest absolute Gasteiger partial charge is 0.507 e. The summed E-state index contributed by atoms with van der Waals surface area (Å²) in [5, 5.41) is 22.3. The lowest BCUT2D eigenvalue weighted by atomic mass is 10.0. The molecule has 9 heteroatoms. The second-order valence-electron chi connectivity index (χ2n) is 3.98. The molecule has 2 rings (SSSR count). The van der Waals surface area contributed by atoms with Crippen LogP contribution >= 0.6 is 12.0 Å². The highest BCUT2D eigenvalue weighted by atomic mass is 32.2. The van der Waals surface area contributed by atoms with Crippen LogP contribution in [-0.4, -0.2) is 23.3 Å². The minimum Gasteiger partial charge on any atom is -0.507 e. The molecule has 0 radical (unpaired) electrons. The van der Waals surface area contributed by atoms with E-state index >= 15 is 0 Å². The van der Waals surface area contributed by atoms with Gasteiger partial charge in [0.1, 0.15) is 5.75 Å². The Morgan fingerprint density at radius 2 is 1.90 bits per heavy atom. The maximum absolute atomic E-state index is 11.1. The maximum Gasteiger partial charge on any atom is 0.294 e. The lowest BCUT2D eigenvalue weighted by Gasteiger charge is -2.09. The Morgan fingerprint density at radius 3 is 2.50 bits per heavy atom. The molecule has 0 aliphatic rings. The zero-order valence-corrected chi connectivity index (χ0v) is 11.7. The van der Waals surface area contributed by atoms with E-state index in [1.165, 1.54) is 12.1 Å². The van der Waals surface area contributed by atoms with Gasteiger partial charge in [0.25, 0.3) is 10.1 Å². The van der Waals surface area contributed by atoms with E-state index in [0.29, 0.717) is 33.3 Å². The first-order valence-corrected chi connectivity index (χ1v) is 7.40. The standard InChI is InChI=1S/C11H10O7S2/c1-6-2-8(19-18-17-13)3-7-4-9(20(14,15)16)5-10(12)11(6)7/h2-5,12-13H,1H3,(H,14,15,16). The van der Waals surface area contributed by atoms with Gasteiger partial charge >= 0.3 is 0 Å². The number of phenols is 1. The Hall–Kier alpha value is -1.36. The van der Waals surface area contributed by atoms with Crippen LogP contribution in [0.1, 0.15) is 5.56 Å². The van der Waals surface area contributed by atoms with Crippen molar-refractivity contribution in [1.82, 2.24) is 0 Å². The Kier molecular flexibility index (Phi) is 4.18. The van der Waals surface area contributed by atoms with Crippen LogP contribution in [0.5, 0.6) is 5.75 Å². The molecule has 0 aliphatic carbocycles. The average molecular weight is 318 g/mol. The van der Waals surface area contributed by atoms with Crippen molar-refractivity contribution in [2.75, 3.05) is 0 Å². The minimum absolute atomic E-state index is 0.261. The SMILES string of the molecule is Cc1cc(SOOO)cc2cc(S(=O)(=O)O)cc(O)c12. The van der Waals surface area contributed by atoms with Gasteiger partial charge in [-0.25, -0.2) is 5.26 Å². The number of aromatic hydroxyl groups is 1. The normalized spacial score (nSPS) is 11.9. The summed E-state index contributed by atoms with van der Waals surface area (Å²) in [6, 6.07) is 5.37. The highest BCUT2D eigenvalue weighted by molar-refractivity contribution is 7.94. The molecule has 0 fully saturated rings. The predicted octanol–water partition coefficient (Wildman–Crippen LogP) is 2.53. The van der Waals surface area contributed by atoms with Crippen molar-refractivity contribution in [2.24, 2.45) is 0 Å². The highest BCUT2D eigenvalue weighted by Crippen LogP contribution is 2.34. The molecule has 3 N–H and O–H groups in total. The number of hydrogen-bond donors (Lipinski definition) is 3. The molecule has 7 nitrogen and oxygen atoms in total. The molecule has 2 aromatic carbocycles. The molecule has 0 amide bonds. The number of phenolic OH excluding ortho intramolecular Hbond substituents is 1. The van der Waals surface area contributed by atoms with Crippen molar-refractivity contribution < 1.29 is 32.7 Å². The number of hydrogen-bond acceptors (Lipinski definition) is 7. The molecule has 0 spiro atoms. The van der Waals surface area contributed by atoms with Crippen LogP contribution in [-0.2, 0) is 19.5 Å². The van der Waals surface area contributed by atoms with Crippen LogP contribution in [0.25, 0.3) is 10.8 Å². The fourth-order valence-electron chi connectivity index (χ4n) is 1.90. The summed E-state index contributed by atoms with van der Waals surface area (Å²) in [6.45, 7) is 1.71. The van der Waals surface area contributed by atoms with Crippen molar-refractivity contribution in [1.29, 1.82) is 0 Å². The summed E-state index contributed by atoms with van der Waals surface area (Å²) in [5.41, 5.74) is 0.658. The van der Waals surface area contributed by atoms with Crippen LogP contribution in [0.15, 0.2) is 34.1 Å². The van der Waals surface area contributed by atoms with Crippen LogP contribution in [0, 0.1) is 6.92 Å². The second kappa shape index (κ2) is 5.56. The van der Waals surface area contributed by atoms with Gasteiger partial charge in [0.05, 0.1) is 16.9 Å². The molecule has 108 valence electrons. The van der Waals surface area contributed by atoms with Crippen LogP contribution in [0.2, 0.25) is 0 Å². The van der Waals surface area contributed by atoms with Gasteiger partial charge in [0.2, 0.25) is 0 Å². The van der Waals surface area contributed by atoms with Gasteiger partial charge in [-0.2, -0.15) is 8.42 Å². The van der Waals surface area contributed by atoms with Crippen LogP contribution < -0.4 is 0 Å². The fraction of sp³-hybridized carbons (Fsp3) is 0.0909. The van der Waals surface area contributed by atoms with Gasteiger partial charge in [0, 0.05) is 16.3 Å². The summed E-state index contributed by atoms with van der Waals surface area (Å²) in [5.74, 6) is -0.261. The molecule has 2 aromatic rings. The molecule has 0 aliphatic heterocycles. The molecule has 0 unspecified atom stereocenters. The third-order valence-corrected chi connectivity index (χ3v) is 4.02. The van der Waals surface area contributed by atoms with Gasteiger partial charge < -0.3 is 5.11 Å². The molecule has 0 heterocycles. The lowest BCUT2D eigenvalue weighted by Crippen LogP contribution is -1.98. The zero-order valence-electron chi connectivity index (χ0n) is 10.1. The Morgan fingerprint density at radius 1 is 1.20 bits per heavy atom. The second-order valence-corrected chi connectivity index (χ2v) is 6.18. The Balaban J connectivity index is 2.67. The molecule has 0 saturated carbocycles. The first-order chi connectivity index (χ1) is 9.32. The van der Waals surface area contributed by atoms with Crippen molar-refractivity contribution in [3.63, 3.8) is 0 Å². The van der Waals surface area contributed by atoms with E-state index < -0.39 is 15.0 Å². The quantitative estimate of drug-likeness (QED) is 0.341. The number of fused-ring (bicyclic) bond motifs is 1. The molecule has 0 bridgehead atoms. The molecular formula is C11H10O7S2. The number of aryl methyl sites for hydroxylation is 1. The Labute approximate surface area is 118 Å². The van der Waals surface area contributed by atoms with E-state index in [2.05, 4.69) is 9.37 Å². The topological polar surface area (TPSA) is 113 Å². The van der Waals surface area contributed by atoms with Gasteiger partial charge in [-0.1, -0.05) is 5.04 Å². The summed E-state index contributed by atoms with van der Waals surface area (Å²) >= 11 is 0.703. The summed E-state index contributed by atoms with van der Waals surface area (Å²) < 4.78 is 35.6. The van der Waals surface area contributed by atoms with E-state index in [0.717, 1.165) is 6.07 Å². The Bertz CT molecular complexity index is 755. The summed E-state index contributed by atoms with van der Waals surface area (Å²) in [6.07, 6.45) is 0. The highest BCUT2D eigenvalue weighted by Gasteiger charge is 2.15. The first-order valence-electron chi connectivity index (χ1n) is 5.22. The summed E-state index contributed by atoms with van der Waals surface area (Å²) in [4.78, 5) is 0.0966. The molecule has 0 saturated heterocycles.